The summed E-state index contributed by atoms with van der Waals surface area (Å²) in [5.41, 5.74) is 0. The number of carbonyl (C=O) groups excluding carboxylic acids is 3. The normalized spacial score (nSPS) is 12.1. The van der Waals surface area contributed by atoms with Gasteiger partial charge in [-0.15, -0.1) is 0 Å². The molecule has 54 heavy (non-hydrogen) atoms. The van der Waals surface area contributed by atoms with Crippen molar-refractivity contribution in [2.45, 2.75) is 265 Å². The predicted molar refractivity (Wildman–Crippen MR) is 229 cm³/mol. The number of ether oxygens (including phenoxy) is 3. The van der Waals surface area contributed by atoms with Crippen molar-refractivity contribution in [2.24, 2.45) is 11.8 Å². The van der Waals surface area contributed by atoms with Crippen LogP contribution in [0.4, 0.5) is 0 Å². The number of hydrogen-bond donors (Lipinski definition) is 0. The van der Waals surface area contributed by atoms with Crippen molar-refractivity contribution in [2.75, 3.05) is 13.2 Å². The molecular weight excluding hydrogens is 673 g/mol. The van der Waals surface area contributed by atoms with Crippen LogP contribution in [-0.2, 0) is 28.6 Å². The van der Waals surface area contributed by atoms with Crippen molar-refractivity contribution in [3.63, 3.8) is 0 Å². The Kier molecular flexibility index (Phi) is 39.8. The lowest BCUT2D eigenvalue weighted by Crippen LogP contribution is -2.30. The van der Waals surface area contributed by atoms with E-state index < -0.39 is 6.10 Å². The van der Waals surface area contributed by atoms with Gasteiger partial charge in [0, 0.05) is 19.3 Å². The predicted octanol–water partition coefficient (Wildman–Crippen LogP) is 15.0. The highest BCUT2D eigenvalue weighted by atomic mass is 16.6. The van der Waals surface area contributed by atoms with Crippen LogP contribution in [0.2, 0.25) is 0 Å². The van der Waals surface area contributed by atoms with E-state index >= 15 is 0 Å². The maximum absolute atomic E-state index is 12.7. The van der Waals surface area contributed by atoms with Crippen LogP contribution in [0, 0.1) is 11.8 Å². The van der Waals surface area contributed by atoms with E-state index in [1.807, 2.05) is 0 Å². The lowest BCUT2D eigenvalue weighted by Gasteiger charge is -2.18. The maximum Gasteiger partial charge on any atom is 0.306 e. The molecule has 0 rings (SSSR count). The van der Waals surface area contributed by atoms with Crippen LogP contribution >= 0.6 is 0 Å². The molecule has 0 saturated carbocycles. The molecule has 6 heteroatoms. The van der Waals surface area contributed by atoms with E-state index in [0.29, 0.717) is 19.3 Å². The largest absolute Gasteiger partial charge is 0.462 e. The number of rotatable bonds is 42. The van der Waals surface area contributed by atoms with Gasteiger partial charge in [-0.3, -0.25) is 14.4 Å². The fourth-order valence-electron chi connectivity index (χ4n) is 7.11. The van der Waals surface area contributed by atoms with E-state index in [1.165, 1.54) is 148 Å². The fourth-order valence-corrected chi connectivity index (χ4v) is 7.11. The van der Waals surface area contributed by atoms with E-state index in [0.717, 1.165) is 69.6 Å². The molecule has 0 aliphatic carbocycles. The Balaban J connectivity index is 4.31. The van der Waals surface area contributed by atoms with Crippen LogP contribution in [-0.4, -0.2) is 37.2 Å². The Morgan fingerprint density at radius 3 is 0.907 bits per heavy atom. The molecule has 320 valence electrons. The third kappa shape index (κ3) is 41.6. The Bertz CT molecular complexity index is 824. The van der Waals surface area contributed by atoms with Crippen LogP contribution in [0.1, 0.15) is 259 Å². The summed E-state index contributed by atoms with van der Waals surface area (Å²) in [5, 5.41) is 0. The summed E-state index contributed by atoms with van der Waals surface area (Å²) in [6.07, 6.45) is 39.5. The van der Waals surface area contributed by atoms with Crippen molar-refractivity contribution in [1.29, 1.82) is 0 Å². The minimum absolute atomic E-state index is 0.0651. The van der Waals surface area contributed by atoms with Gasteiger partial charge < -0.3 is 14.2 Å². The van der Waals surface area contributed by atoms with E-state index in [-0.39, 0.29) is 31.1 Å². The average Bonchev–Trinajstić information content (AvgIpc) is 3.14. The molecule has 0 aromatic heterocycles. The summed E-state index contributed by atoms with van der Waals surface area (Å²) in [5.74, 6) is 0.739. The molecule has 0 N–H and O–H groups in total. The lowest BCUT2D eigenvalue weighted by atomic mass is 10.0. The van der Waals surface area contributed by atoms with E-state index in [1.54, 1.807) is 0 Å². The molecule has 0 saturated heterocycles. The Hall–Kier alpha value is -1.59. The molecule has 0 fully saturated rings. The monoisotopic (exact) mass is 765 g/mol. The van der Waals surface area contributed by atoms with Gasteiger partial charge in [-0.05, 0) is 31.1 Å². The second-order valence-corrected chi connectivity index (χ2v) is 17.3. The van der Waals surface area contributed by atoms with Gasteiger partial charge in [-0.1, -0.05) is 221 Å². The topological polar surface area (TPSA) is 78.9 Å². The van der Waals surface area contributed by atoms with Gasteiger partial charge in [0.2, 0.25) is 0 Å². The molecule has 0 unspecified atom stereocenters. The standard InChI is InChI=1S/C48H92O6/c1-6-7-8-9-10-11-12-13-14-18-23-28-33-38-46(49)52-41-45(54-48(51)40-35-30-25-20-22-27-32-37-44(4)5)42-53-47(50)39-34-29-24-19-16-15-17-21-26-31-36-43(2)3/h43-45H,6-42H2,1-5H3/t45-/m1/s1. The highest BCUT2D eigenvalue weighted by Crippen LogP contribution is 2.17. The smallest absolute Gasteiger partial charge is 0.306 e. The molecule has 6 nitrogen and oxygen atoms in total. The van der Waals surface area contributed by atoms with Crippen molar-refractivity contribution in [3.05, 3.63) is 0 Å². The maximum atomic E-state index is 12.7. The average molecular weight is 765 g/mol. The first-order chi connectivity index (χ1) is 26.2. The van der Waals surface area contributed by atoms with Gasteiger partial charge in [-0.25, -0.2) is 0 Å². The van der Waals surface area contributed by atoms with Gasteiger partial charge in [-0.2, -0.15) is 0 Å². The first kappa shape index (κ1) is 52.4. The summed E-state index contributed by atoms with van der Waals surface area (Å²) in [6.45, 7) is 11.3. The zero-order chi connectivity index (χ0) is 39.7. The molecule has 0 amide bonds. The van der Waals surface area contributed by atoms with Gasteiger partial charge in [0.1, 0.15) is 13.2 Å². The minimum Gasteiger partial charge on any atom is -0.462 e. The summed E-state index contributed by atoms with van der Waals surface area (Å²) in [4.78, 5) is 37.7. The summed E-state index contributed by atoms with van der Waals surface area (Å²) < 4.78 is 16.7. The third-order valence-electron chi connectivity index (χ3n) is 10.7. The fraction of sp³-hybridized carbons (Fsp3) is 0.938. The molecule has 0 aromatic carbocycles. The van der Waals surface area contributed by atoms with Crippen LogP contribution in [0.15, 0.2) is 0 Å². The highest BCUT2D eigenvalue weighted by Gasteiger charge is 2.19. The Labute approximate surface area is 336 Å². The second kappa shape index (κ2) is 41.1. The zero-order valence-corrected chi connectivity index (χ0v) is 36.8. The molecule has 0 radical (unpaired) electrons. The number of hydrogen-bond acceptors (Lipinski definition) is 6. The van der Waals surface area contributed by atoms with Crippen molar-refractivity contribution < 1.29 is 28.6 Å². The second-order valence-electron chi connectivity index (χ2n) is 17.3. The molecule has 0 bridgehead atoms. The van der Waals surface area contributed by atoms with Crippen molar-refractivity contribution in [1.82, 2.24) is 0 Å². The van der Waals surface area contributed by atoms with Gasteiger partial charge >= 0.3 is 17.9 Å². The van der Waals surface area contributed by atoms with Crippen LogP contribution in [0.5, 0.6) is 0 Å². The molecule has 0 aromatic rings. The van der Waals surface area contributed by atoms with Crippen molar-refractivity contribution in [3.8, 4) is 0 Å². The third-order valence-corrected chi connectivity index (χ3v) is 10.7. The van der Waals surface area contributed by atoms with Gasteiger partial charge in [0.25, 0.3) is 0 Å². The number of unbranched alkanes of at least 4 members (excludes halogenated alkanes) is 27. The highest BCUT2D eigenvalue weighted by molar-refractivity contribution is 5.71. The first-order valence-corrected chi connectivity index (χ1v) is 23.7. The van der Waals surface area contributed by atoms with Crippen LogP contribution in [0.3, 0.4) is 0 Å². The lowest BCUT2D eigenvalue weighted by molar-refractivity contribution is -0.167. The number of esters is 3. The van der Waals surface area contributed by atoms with Crippen LogP contribution in [0.25, 0.3) is 0 Å². The van der Waals surface area contributed by atoms with Gasteiger partial charge in [0.05, 0.1) is 0 Å². The van der Waals surface area contributed by atoms with Crippen molar-refractivity contribution >= 4 is 17.9 Å². The molecule has 1 atom stereocenters. The summed E-state index contributed by atoms with van der Waals surface area (Å²) in [6, 6.07) is 0. The molecule has 0 heterocycles. The Morgan fingerprint density at radius 2 is 0.611 bits per heavy atom. The van der Waals surface area contributed by atoms with Gasteiger partial charge in [0.15, 0.2) is 6.10 Å². The molecule has 0 spiro atoms. The minimum atomic E-state index is -0.761. The zero-order valence-electron chi connectivity index (χ0n) is 36.8. The SMILES string of the molecule is CCCCCCCCCCCCCCCC(=O)OC[C@H](COC(=O)CCCCCCCCCCCCC(C)C)OC(=O)CCCCCCCCCC(C)C. The van der Waals surface area contributed by atoms with E-state index in [2.05, 4.69) is 34.6 Å². The van der Waals surface area contributed by atoms with E-state index in [9.17, 15) is 14.4 Å². The summed E-state index contributed by atoms with van der Waals surface area (Å²) in [7, 11) is 0. The quantitative estimate of drug-likeness (QED) is 0.0350. The first-order valence-electron chi connectivity index (χ1n) is 23.7. The molecule has 0 aliphatic heterocycles. The Morgan fingerprint density at radius 1 is 0.352 bits per heavy atom. The van der Waals surface area contributed by atoms with E-state index in [4.69, 9.17) is 14.2 Å². The molecular formula is C48H92O6. The van der Waals surface area contributed by atoms with Crippen LogP contribution < -0.4 is 0 Å². The summed E-state index contributed by atoms with van der Waals surface area (Å²) >= 11 is 0. The molecule has 0 aliphatic rings. The number of carbonyl (C=O) groups is 3.